The van der Waals surface area contributed by atoms with E-state index in [9.17, 15) is 9.90 Å². The molecular formula is C15H20O4. The van der Waals surface area contributed by atoms with E-state index in [1.807, 2.05) is 0 Å². The molecule has 0 bridgehead atoms. The van der Waals surface area contributed by atoms with Crippen LogP contribution in [0.1, 0.15) is 43.0 Å². The van der Waals surface area contributed by atoms with Crippen LogP contribution in [0.2, 0.25) is 0 Å². The Bertz CT molecular complexity index is 455. The summed E-state index contributed by atoms with van der Waals surface area (Å²) in [6.07, 6.45) is 4.44. The van der Waals surface area contributed by atoms with Crippen LogP contribution in [0, 0.1) is 5.92 Å². The Morgan fingerprint density at radius 2 is 2.16 bits per heavy atom. The third-order valence-electron chi connectivity index (χ3n) is 3.60. The summed E-state index contributed by atoms with van der Waals surface area (Å²) in [5, 5.41) is 9.19. The Balaban J connectivity index is 2.19. The Morgan fingerprint density at radius 3 is 2.79 bits per heavy atom. The van der Waals surface area contributed by atoms with Crippen molar-refractivity contribution in [3.63, 3.8) is 0 Å². The highest BCUT2D eigenvalue weighted by Gasteiger charge is 2.22. The van der Waals surface area contributed by atoms with Crippen molar-refractivity contribution in [2.75, 3.05) is 7.11 Å². The first-order valence-corrected chi connectivity index (χ1v) is 6.68. The molecule has 4 heteroatoms. The molecule has 1 fully saturated rings. The highest BCUT2D eigenvalue weighted by Crippen LogP contribution is 2.31. The normalized spacial score (nSPS) is 22.8. The molecule has 4 nitrogen and oxygen atoms in total. The van der Waals surface area contributed by atoms with Crippen LogP contribution in [0.15, 0.2) is 18.2 Å². The van der Waals surface area contributed by atoms with E-state index in [-0.39, 0.29) is 11.7 Å². The smallest absolute Gasteiger partial charge is 0.339 e. The van der Waals surface area contributed by atoms with E-state index in [1.165, 1.54) is 12.5 Å². The second kappa shape index (κ2) is 5.95. The van der Waals surface area contributed by atoms with Crippen LogP contribution in [0.25, 0.3) is 0 Å². The number of carboxylic acids is 1. The Kier molecular flexibility index (Phi) is 4.30. The largest absolute Gasteiger partial charge is 0.497 e. The van der Waals surface area contributed by atoms with Gasteiger partial charge >= 0.3 is 5.97 Å². The van der Waals surface area contributed by atoms with Crippen molar-refractivity contribution in [3.8, 4) is 11.5 Å². The zero-order chi connectivity index (χ0) is 13.8. The Morgan fingerprint density at radius 1 is 1.37 bits per heavy atom. The Labute approximate surface area is 113 Å². The monoisotopic (exact) mass is 264 g/mol. The quantitative estimate of drug-likeness (QED) is 0.906. The minimum absolute atomic E-state index is 0.106. The van der Waals surface area contributed by atoms with Gasteiger partial charge in [0.2, 0.25) is 0 Å². The summed E-state index contributed by atoms with van der Waals surface area (Å²) in [4.78, 5) is 11.2. The van der Waals surface area contributed by atoms with Gasteiger partial charge in [-0.15, -0.1) is 0 Å². The van der Waals surface area contributed by atoms with Gasteiger partial charge in [-0.1, -0.05) is 13.3 Å². The lowest BCUT2D eigenvalue weighted by Crippen LogP contribution is -2.24. The molecule has 0 saturated heterocycles. The molecule has 2 rings (SSSR count). The number of benzene rings is 1. The number of hydrogen-bond acceptors (Lipinski definition) is 3. The number of aromatic carboxylic acids is 1. The van der Waals surface area contributed by atoms with Crippen LogP contribution in [0.4, 0.5) is 0 Å². The molecule has 1 N–H and O–H groups in total. The lowest BCUT2D eigenvalue weighted by atomic mass is 9.88. The molecule has 0 aliphatic heterocycles. The van der Waals surface area contributed by atoms with Crippen LogP contribution >= 0.6 is 0 Å². The summed E-state index contributed by atoms with van der Waals surface area (Å²) in [6.45, 7) is 2.21. The van der Waals surface area contributed by atoms with Crippen LogP contribution in [0.3, 0.4) is 0 Å². The Hall–Kier alpha value is -1.71. The molecule has 0 heterocycles. The topological polar surface area (TPSA) is 55.8 Å². The van der Waals surface area contributed by atoms with Crippen LogP contribution in [0.5, 0.6) is 11.5 Å². The first-order chi connectivity index (χ1) is 9.10. The maximum Gasteiger partial charge on any atom is 0.339 e. The summed E-state index contributed by atoms with van der Waals surface area (Å²) in [5.41, 5.74) is 0.194. The van der Waals surface area contributed by atoms with E-state index in [1.54, 1.807) is 19.2 Å². The summed E-state index contributed by atoms with van der Waals surface area (Å²) in [6, 6.07) is 4.82. The van der Waals surface area contributed by atoms with Gasteiger partial charge in [0.25, 0.3) is 0 Å². The van der Waals surface area contributed by atoms with Gasteiger partial charge < -0.3 is 14.6 Å². The van der Waals surface area contributed by atoms with Crippen molar-refractivity contribution >= 4 is 5.97 Å². The number of ether oxygens (including phenoxy) is 2. The molecule has 2 atom stereocenters. The van der Waals surface area contributed by atoms with Crippen molar-refractivity contribution in [2.24, 2.45) is 5.92 Å². The van der Waals surface area contributed by atoms with Gasteiger partial charge in [-0.05, 0) is 37.3 Å². The number of carboxylic acid groups (broad SMARTS) is 1. The van der Waals surface area contributed by atoms with Crippen LogP contribution in [-0.4, -0.2) is 24.3 Å². The van der Waals surface area contributed by atoms with Gasteiger partial charge in [-0.3, -0.25) is 0 Å². The molecule has 19 heavy (non-hydrogen) atoms. The SMILES string of the molecule is COc1ccc(C(=O)O)c(OC2CCCC(C)C2)c1. The first kappa shape index (κ1) is 13.7. The average Bonchev–Trinajstić information content (AvgIpc) is 2.38. The van der Waals surface area contributed by atoms with Gasteiger partial charge in [0.15, 0.2) is 0 Å². The second-order valence-corrected chi connectivity index (χ2v) is 5.18. The minimum Gasteiger partial charge on any atom is -0.497 e. The first-order valence-electron chi connectivity index (χ1n) is 6.68. The molecule has 104 valence electrons. The van der Waals surface area contributed by atoms with Crippen LogP contribution < -0.4 is 9.47 Å². The van der Waals surface area contributed by atoms with Crippen molar-refractivity contribution < 1.29 is 19.4 Å². The van der Waals surface area contributed by atoms with Gasteiger partial charge in [0.1, 0.15) is 17.1 Å². The molecule has 1 aliphatic rings. The number of hydrogen-bond donors (Lipinski definition) is 1. The van der Waals surface area contributed by atoms with E-state index in [0.29, 0.717) is 17.4 Å². The summed E-state index contributed by atoms with van der Waals surface area (Å²) in [7, 11) is 1.56. The molecule has 1 aromatic rings. The maximum atomic E-state index is 11.2. The molecule has 0 aromatic heterocycles. The van der Waals surface area contributed by atoms with Crippen molar-refractivity contribution in [2.45, 2.75) is 38.7 Å². The van der Waals surface area contributed by atoms with Gasteiger partial charge in [-0.2, -0.15) is 0 Å². The van der Waals surface area contributed by atoms with E-state index in [2.05, 4.69) is 6.92 Å². The van der Waals surface area contributed by atoms with E-state index in [4.69, 9.17) is 9.47 Å². The van der Waals surface area contributed by atoms with E-state index >= 15 is 0 Å². The molecule has 1 saturated carbocycles. The predicted octanol–water partition coefficient (Wildman–Crippen LogP) is 3.35. The molecule has 1 aromatic carbocycles. The molecule has 0 amide bonds. The summed E-state index contributed by atoms with van der Waals surface area (Å²) < 4.78 is 11.0. The standard InChI is InChI=1S/C15H20O4/c1-10-4-3-5-12(8-10)19-14-9-11(18-2)6-7-13(14)15(16)17/h6-7,9-10,12H,3-5,8H2,1-2H3,(H,16,17). The van der Waals surface area contributed by atoms with Gasteiger partial charge in [0.05, 0.1) is 13.2 Å². The zero-order valence-corrected chi connectivity index (χ0v) is 11.4. The lowest BCUT2D eigenvalue weighted by molar-refractivity contribution is 0.0683. The average molecular weight is 264 g/mol. The van der Waals surface area contributed by atoms with Crippen molar-refractivity contribution in [1.82, 2.24) is 0 Å². The van der Waals surface area contributed by atoms with E-state index in [0.717, 1.165) is 19.3 Å². The second-order valence-electron chi connectivity index (χ2n) is 5.18. The van der Waals surface area contributed by atoms with Gasteiger partial charge in [-0.25, -0.2) is 4.79 Å². The van der Waals surface area contributed by atoms with Crippen LogP contribution in [-0.2, 0) is 0 Å². The predicted molar refractivity (Wildman–Crippen MR) is 72.0 cm³/mol. The number of carbonyl (C=O) groups is 1. The zero-order valence-electron chi connectivity index (χ0n) is 11.4. The molecule has 1 aliphatic carbocycles. The molecular weight excluding hydrogens is 244 g/mol. The summed E-state index contributed by atoms with van der Waals surface area (Å²) in [5.74, 6) is 0.689. The summed E-state index contributed by atoms with van der Waals surface area (Å²) >= 11 is 0. The van der Waals surface area contributed by atoms with Crippen molar-refractivity contribution in [1.29, 1.82) is 0 Å². The van der Waals surface area contributed by atoms with Crippen molar-refractivity contribution in [3.05, 3.63) is 23.8 Å². The highest BCUT2D eigenvalue weighted by atomic mass is 16.5. The fraction of sp³-hybridized carbons (Fsp3) is 0.533. The molecule has 0 spiro atoms. The number of rotatable bonds is 4. The molecule has 2 unspecified atom stereocenters. The van der Waals surface area contributed by atoms with Gasteiger partial charge in [0, 0.05) is 6.07 Å². The fourth-order valence-electron chi connectivity index (χ4n) is 2.57. The van der Waals surface area contributed by atoms with E-state index < -0.39 is 5.97 Å². The minimum atomic E-state index is -0.971. The number of methoxy groups -OCH3 is 1. The third kappa shape index (κ3) is 3.40. The lowest BCUT2D eigenvalue weighted by Gasteiger charge is -2.28. The fourth-order valence-corrected chi connectivity index (χ4v) is 2.57. The highest BCUT2D eigenvalue weighted by molar-refractivity contribution is 5.91. The molecule has 0 radical (unpaired) electrons. The third-order valence-corrected chi connectivity index (χ3v) is 3.60. The maximum absolute atomic E-state index is 11.2.